The monoisotopic (exact) mass is 388 g/mol. The number of hydrogen-bond donors (Lipinski definition) is 4. The highest BCUT2D eigenvalue weighted by atomic mass is 35.5. The Balaban J connectivity index is 2.05. The average Bonchev–Trinajstić information content (AvgIpc) is 2.58. The van der Waals surface area contributed by atoms with E-state index in [9.17, 15) is 9.59 Å². The molecule has 0 aromatic heterocycles. The number of carbonyl (C=O) groups is 2. The molecule has 0 radical (unpaired) electrons. The summed E-state index contributed by atoms with van der Waals surface area (Å²) in [6, 6.07) is 13.7. The summed E-state index contributed by atoms with van der Waals surface area (Å²) in [5, 5.41) is 9.01. The topological polar surface area (TPSA) is 96.2 Å². The minimum atomic E-state index is -0.773. The van der Waals surface area contributed by atoms with E-state index in [2.05, 4.69) is 16.0 Å². The number of amides is 3. The summed E-state index contributed by atoms with van der Waals surface area (Å²) in [7, 11) is 0. The number of primary amides is 1. The van der Waals surface area contributed by atoms with Crippen LogP contribution < -0.4 is 21.7 Å². The molecule has 7 heteroatoms. The summed E-state index contributed by atoms with van der Waals surface area (Å²) >= 11 is 6.33. The van der Waals surface area contributed by atoms with E-state index in [-0.39, 0.29) is 5.91 Å². The summed E-state index contributed by atoms with van der Waals surface area (Å²) in [6.45, 7) is 6.17. The lowest BCUT2D eigenvalue weighted by atomic mass is 9.86. The van der Waals surface area contributed by atoms with Crippen molar-refractivity contribution in [3.05, 3.63) is 59.1 Å². The second kappa shape index (κ2) is 8.77. The molecule has 2 aromatic rings. The third-order valence-electron chi connectivity index (χ3n) is 3.98. The zero-order valence-corrected chi connectivity index (χ0v) is 16.4. The Hall–Kier alpha value is -2.73. The number of nitrogens with one attached hydrogen (secondary N) is 3. The average molecular weight is 389 g/mol. The van der Waals surface area contributed by atoms with Crippen molar-refractivity contribution in [3.63, 3.8) is 0 Å². The molecule has 0 heterocycles. The Morgan fingerprint density at radius 1 is 1.11 bits per heavy atom. The SMILES string of the molecule is CC(C)(C)C(NC(N)=O)C(=O)Nc1ccc(NCc2ccccc2)c(Cl)c1. The minimum absolute atomic E-state index is 0.359. The van der Waals surface area contributed by atoms with Gasteiger partial charge in [0.2, 0.25) is 5.91 Å². The molecule has 6 nitrogen and oxygen atoms in total. The van der Waals surface area contributed by atoms with Gasteiger partial charge in [0.15, 0.2) is 0 Å². The van der Waals surface area contributed by atoms with E-state index in [1.165, 1.54) is 0 Å². The second-order valence-corrected chi connectivity index (χ2v) is 7.74. The van der Waals surface area contributed by atoms with Crippen molar-refractivity contribution in [2.45, 2.75) is 33.4 Å². The van der Waals surface area contributed by atoms with Gasteiger partial charge < -0.3 is 21.7 Å². The molecule has 0 aliphatic heterocycles. The highest BCUT2D eigenvalue weighted by Crippen LogP contribution is 2.27. The number of halogens is 1. The number of benzene rings is 2. The molecule has 144 valence electrons. The normalized spacial score (nSPS) is 12.1. The van der Waals surface area contributed by atoms with Crippen molar-refractivity contribution < 1.29 is 9.59 Å². The molecular formula is C20H25ClN4O2. The molecule has 2 aromatic carbocycles. The van der Waals surface area contributed by atoms with Gasteiger partial charge in [0.1, 0.15) is 6.04 Å². The maximum absolute atomic E-state index is 12.6. The smallest absolute Gasteiger partial charge is 0.312 e. The highest BCUT2D eigenvalue weighted by Gasteiger charge is 2.32. The van der Waals surface area contributed by atoms with Crippen LogP contribution in [-0.2, 0) is 11.3 Å². The van der Waals surface area contributed by atoms with Crippen LogP contribution >= 0.6 is 11.6 Å². The Morgan fingerprint density at radius 3 is 2.33 bits per heavy atom. The number of hydrogen-bond acceptors (Lipinski definition) is 3. The molecule has 1 atom stereocenters. The molecule has 0 spiro atoms. The Bertz CT molecular complexity index is 803. The van der Waals surface area contributed by atoms with Crippen LogP contribution in [0.3, 0.4) is 0 Å². The lowest BCUT2D eigenvalue weighted by Gasteiger charge is -2.29. The van der Waals surface area contributed by atoms with Gasteiger partial charge >= 0.3 is 6.03 Å². The van der Waals surface area contributed by atoms with E-state index in [4.69, 9.17) is 17.3 Å². The van der Waals surface area contributed by atoms with E-state index in [0.29, 0.717) is 17.3 Å². The van der Waals surface area contributed by atoms with Crippen molar-refractivity contribution in [2.75, 3.05) is 10.6 Å². The summed E-state index contributed by atoms with van der Waals surface area (Å²) in [4.78, 5) is 23.8. The van der Waals surface area contributed by atoms with Crippen LogP contribution in [0.25, 0.3) is 0 Å². The molecule has 0 fully saturated rings. The standard InChI is InChI=1S/C20H25ClN4O2/c1-20(2,3)17(25-19(22)27)18(26)24-14-9-10-16(15(21)11-14)23-12-13-7-5-4-6-8-13/h4-11,17,23H,12H2,1-3H3,(H,24,26)(H3,22,25,27). The van der Waals surface area contributed by atoms with Crippen molar-refractivity contribution in [3.8, 4) is 0 Å². The number of carbonyl (C=O) groups excluding carboxylic acids is 2. The van der Waals surface area contributed by atoms with Crippen LogP contribution in [0.2, 0.25) is 5.02 Å². The molecule has 5 N–H and O–H groups in total. The van der Waals surface area contributed by atoms with Gasteiger partial charge in [0, 0.05) is 12.2 Å². The van der Waals surface area contributed by atoms with Crippen molar-refractivity contribution in [2.24, 2.45) is 11.1 Å². The van der Waals surface area contributed by atoms with E-state index in [1.807, 2.05) is 51.1 Å². The quantitative estimate of drug-likeness (QED) is 0.602. The molecule has 1 unspecified atom stereocenters. The van der Waals surface area contributed by atoms with Crippen LogP contribution in [-0.4, -0.2) is 18.0 Å². The zero-order chi connectivity index (χ0) is 20.0. The van der Waals surface area contributed by atoms with Crippen molar-refractivity contribution >= 4 is 34.9 Å². The van der Waals surface area contributed by atoms with Crippen molar-refractivity contribution in [1.82, 2.24) is 5.32 Å². The maximum atomic E-state index is 12.6. The van der Waals surface area contributed by atoms with Gasteiger partial charge in [-0.3, -0.25) is 4.79 Å². The van der Waals surface area contributed by atoms with Crippen LogP contribution in [0, 0.1) is 5.41 Å². The van der Waals surface area contributed by atoms with E-state index in [0.717, 1.165) is 11.3 Å². The fraction of sp³-hybridized carbons (Fsp3) is 0.300. The summed E-state index contributed by atoms with van der Waals surface area (Å²) in [5.41, 5.74) is 7.13. The third-order valence-corrected chi connectivity index (χ3v) is 4.29. The van der Waals surface area contributed by atoms with Gasteiger partial charge in [-0.25, -0.2) is 4.79 Å². The van der Waals surface area contributed by atoms with Gasteiger partial charge in [0.25, 0.3) is 0 Å². The van der Waals surface area contributed by atoms with E-state index >= 15 is 0 Å². The summed E-state index contributed by atoms with van der Waals surface area (Å²) in [5.74, 6) is -0.359. The van der Waals surface area contributed by atoms with Crippen LogP contribution in [0.5, 0.6) is 0 Å². The first-order chi connectivity index (χ1) is 12.7. The fourth-order valence-corrected chi connectivity index (χ4v) is 2.81. The zero-order valence-electron chi connectivity index (χ0n) is 15.7. The van der Waals surface area contributed by atoms with Gasteiger partial charge in [0.05, 0.1) is 10.7 Å². The predicted molar refractivity (Wildman–Crippen MR) is 110 cm³/mol. The molecule has 2 rings (SSSR count). The molecule has 0 saturated carbocycles. The predicted octanol–water partition coefficient (Wildman–Crippen LogP) is 3.97. The molecular weight excluding hydrogens is 364 g/mol. The van der Waals surface area contributed by atoms with Gasteiger partial charge in [-0.1, -0.05) is 62.7 Å². The first kappa shape index (κ1) is 20.6. The van der Waals surface area contributed by atoms with Gasteiger partial charge in [-0.15, -0.1) is 0 Å². The van der Waals surface area contributed by atoms with E-state index < -0.39 is 17.5 Å². The molecule has 0 saturated heterocycles. The van der Waals surface area contributed by atoms with E-state index in [1.54, 1.807) is 18.2 Å². The molecule has 27 heavy (non-hydrogen) atoms. The van der Waals surface area contributed by atoms with Crippen LogP contribution in [0.15, 0.2) is 48.5 Å². The number of anilines is 2. The number of nitrogens with two attached hydrogens (primary N) is 1. The molecule has 0 aliphatic rings. The lowest BCUT2D eigenvalue weighted by molar-refractivity contribution is -0.120. The number of urea groups is 1. The first-order valence-electron chi connectivity index (χ1n) is 8.61. The Labute approximate surface area is 164 Å². The van der Waals surface area contributed by atoms with Gasteiger partial charge in [-0.2, -0.15) is 0 Å². The first-order valence-corrected chi connectivity index (χ1v) is 8.99. The fourth-order valence-electron chi connectivity index (χ4n) is 2.56. The maximum Gasteiger partial charge on any atom is 0.312 e. The molecule has 0 aliphatic carbocycles. The Morgan fingerprint density at radius 2 is 1.78 bits per heavy atom. The second-order valence-electron chi connectivity index (χ2n) is 7.33. The number of rotatable bonds is 6. The van der Waals surface area contributed by atoms with Gasteiger partial charge in [-0.05, 0) is 29.2 Å². The van der Waals surface area contributed by atoms with Crippen LogP contribution in [0.4, 0.5) is 16.2 Å². The van der Waals surface area contributed by atoms with Crippen molar-refractivity contribution in [1.29, 1.82) is 0 Å². The largest absolute Gasteiger partial charge is 0.380 e. The minimum Gasteiger partial charge on any atom is -0.380 e. The molecule has 0 bridgehead atoms. The Kier molecular flexibility index (Phi) is 6.69. The summed E-state index contributed by atoms with van der Waals surface area (Å²) in [6.07, 6.45) is 0. The molecule has 3 amide bonds. The third kappa shape index (κ3) is 6.18. The summed E-state index contributed by atoms with van der Waals surface area (Å²) < 4.78 is 0. The highest BCUT2D eigenvalue weighted by molar-refractivity contribution is 6.33. The van der Waals surface area contributed by atoms with Crippen LogP contribution in [0.1, 0.15) is 26.3 Å². The lowest BCUT2D eigenvalue weighted by Crippen LogP contribution is -2.53.